The third-order valence-corrected chi connectivity index (χ3v) is 5.03. The summed E-state index contributed by atoms with van der Waals surface area (Å²) in [4.78, 5) is 30.0. The first kappa shape index (κ1) is 17.4. The van der Waals surface area contributed by atoms with Crippen LogP contribution in [-0.4, -0.2) is 47.8 Å². The van der Waals surface area contributed by atoms with Crippen molar-refractivity contribution in [3.63, 3.8) is 0 Å². The van der Waals surface area contributed by atoms with Gasteiger partial charge in [0.25, 0.3) is 5.91 Å². The SMILES string of the molecule is CC(C)Oc1cc2c(N3CC4NC(=O)OC4(C)C3)nccc2cc1C(N)=O. The van der Waals surface area contributed by atoms with E-state index in [1.807, 2.05) is 32.9 Å². The van der Waals surface area contributed by atoms with Gasteiger partial charge in [0, 0.05) is 18.1 Å². The number of nitrogens with two attached hydrogens (primary N) is 1. The summed E-state index contributed by atoms with van der Waals surface area (Å²) in [6, 6.07) is 5.28. The fourth-order valence-electron chi connectivity index (χ4n) is 3.80. The molecular weight excluding hydrogens is 348 g/mol. The van der Waals surface area contributed by atoms with Gasteiger partial charge in [-0.2, -0.15) is 0 Å². The molecule has 2 unspecified atom stereocenters. The molecule has 2 saturated heterocycles. The lowest BCUT2D eigenvalue weighted by Crippen LogP contribution is -2.39. The fraction of sp³-hybridized carbons (Fsp3) is 0.421. The first-order chi connectivity index (χ1) is 12.8. The lowest BCUT2D eigenvalue weighted by atomic mass is 10.0. The first-order valence-corrected chi connectivity index (χ1v) is 8.90. The van der Waals surface area contributed by atoms with Crippen molar-refractivity contribution in [3.8, 4) is 5.75 Å². The first-order valence-electron chi connectivity index (χ1n) is 8.90. The monoisotopic (exact) mass is 370 g/mol. The Balaban J connectivity index is 1.78. The molecule has 142 valence electrons. The minimum absolute atomic E-state index is 0.0988. The third-order valence-electron chi connectivity index (χ3n) is 5.03. The van der Waals surface area contributed by atoms with Crippen molar-refractivity contribution in [2.45, 2.75) is 38.5 Å². The van der Waals surface area contributed by atoms with E-state index in [2.05, 4.69) is 15.2 Å². The Morgan fingerprint density at radius 3 is 2.93 bits per heavy atom. The number of amides is 2. The molecule has 1 aromatic heterocycles. The second-order valence-electron chi connectivity index (χ2n) is 7.51. The van der Waals surface area contributed by atoms with Gasteiger partial charge in [0.1, 0.15) is 11.6 Å². The van der Waals surface area contributed by atoms with Crippen molar-refractivity contribution >= 4 is 28.6 Å². The number of alkyl carbamates (subject to hydrolysis) is 1. The summed E-state index contributed by atoms with van der Waals surface area (Å²) in [7, 11) is 0. The summed E-state index contributed by atoms with van der Waals surface area (Å²) >= 11 is 0. The number of aromatic nitrogens is 1. The van der Waals surface area contributed by atoms with Gasteiger partial charge in [-0.15, -0.1) is 0 Å². The highest BCUT2D eigenvalue weighted by Gasteiger charge is 2.52. The van der Waals surface area contributed by atoms with E-state index in [4.69, 9.17) is 15.2 Å². The van der Waals surface area contributed by atoms with Crippen LogP contribution in [0.25, 0.3) is 10.8 Å². The molecule has 3 heterocycles. The maximum Gasteiger partial charge on any atom is 0.408 e. The normalized spacial score (nSPS) is 24.1. The number of carbonyl (C=O) groups excluding carboxylic acids is 2. The van der Waals surface area contributed by atoms with Gasteiger partial charge in [-0.1, -0.05) is 0 Å². The molecule has 0 saturated carbocycles. The molecule has 3 N–H and O–H groups in total. The Labute approximate surface area is 156 Å². The molecule has 0 radical (unpaired) electrons. The number of anilines is 1. The number of nitrogens with zero attached hydrogens (tertiary/aromatic N) is 2. The molecule has 2 fully saturated rings. The Kier molecular flexibility index (Phi) is 3.87. The van der Waals surface area contributed by atoms with E-state index in [0.717, 1.165) is 16.6 Å². The second-order valence-corrected chi connectivity index (χ2v) is 7.51. The van der Waals surface area contributed by atoms with Crippen molar-refractivity contribution in [2.24, 2.45) is 5.73 Å². The van der Waals surface area contributed by atoms with E-state index in [1.54, 1.807) is 12.3 Å². The lowest BCUT2D eigenvalue weighted by molar-refractivity contribution is 0.0761. The fourth-order valence-corrected chi connectivity index (χ4v) is 3.80. The molecule has 1 aromatic carbocycles. The molecule has 2 aliphatic rings. The number of carbonyl (C=O) groups is 2. The van der Waals surface area contributed by atoms with Crippen LogP contribution in [0.3, 0.4) is 0 Å². The average Bonchev–Trinajstić information content (AvgIpc) is 3.02. The molecule has 8 nitrogen and oxygen atoms in total. The number of pyridine rings is 1. The summed E-state index contributed by atoms with van der Waals surface area (Å²) in [5.41, 5.74) is 5.28. The molecule has 2 aromatic rings. The molecule has 0 bridgehead atoms. The van der Waals surface area contributed by atoms with Crippen molar-refractivity contribution in [3.05, 3.63) is 30.0 Å². The zero-order valence-corrected chi connectivity index (χ0v) is 15.5. The van der Waals surface area contributed by atoms with Gasteiger partial charge in [0.2, 0.25) is 0 Å². The van der Waals surface area contributed by atoms with Gasteiger partial charge in [-0.25, -0.2) is 9.78 Å². The highest BCUT2D eigenvalue weighted by Crippen LogP contribution is 2.37. The predicted octanol–water partition coefficient (Wildman–Crippen LogP) is 1.81. The van der Waals surface area contributed by atoms with Crippen molar-refractivity contribution in [1.29, 1.82) is 0 Å². The molecule has 2 aliphatic heterocycles. The molecule has 27 heavy (non-hydrogen) atoms. The number of hydrogen-bond acceptors (Lipinski definition) is 6. The standard InChI is InChI=1S/C19H22N4O4/c1-10(2)26-14-7-12-11(6-13(14)16(20)24)4-5-21-17(12)23-8-15-19(3,9-23)27-18(25)22-15/h4-7,10,15H,8-9H2,1-3H3,(H2,20,24)(H,22,25). The van der Waals surface area contributed by atoms with E-state index in [-0.39, 0.29) is 18.2 Å². The molecule has 2 amide bonds. The quantitative estimate of drug-likeness (QED) is 0.850. The van der Waals surface area contributed by atoms with Crippen molar-refractivity contribution < 1.29 is 19.1 Å². The minimum Gasteiger partial charge on any atom is -0.490 e. The van der Waals surface area contributed by atoms with Crippen LogP contribution >= 0.6 is 0 Å². The minimum atomic E-state index is -0.592. The van der Waals surface area contributed by atoms with E-state index < -0.39 is 11.5 Å². The van der Waals surface area contributed by atoms with Gasteiger partial charge < -0.3 is 25.4 Å². The highest BCUT2D eigenvalue weighted by molar-refractivity contribution is 6.03. The Morgan fingerprint density at radius 1 is 1.48 bits per heavy atom. The third kappa shape index (κ3) is 2.90. The number of primary amides is 1. The van der Waals surface area contributed by atoms with E-state index >= 15 is 0 Å². The van der Waals surface area contributed by atoms with Crippen LogP contribution in [0.4, 0.5) is 10.6 Å². The molecule has 8 heteroatoms. The summed E-state index contributed by atoms with van der Waals surface area (Å²) in [6.07, 6.45) is 1.21. The zero-order chi connectivity index (χ0) is 19.3. The van der Waals surface area contributed by atoms with Gasteiger partial charge in [0.05, 0.1) is 24.3 Å². The van der Waals surface area contributed by atoms with E-state index in [1.165, 1.54) is 0 Å². The number of fused-ring (bicyclic) bond motifs is 2. The van der Waals surface area contributed by atoms with Crippen LogP contribution in [-0.2, 0) is 4.74 Å². The van der Waals surface area contributed by atoms with Gasteiger partial charge in [0.15, 0.2) is 5.60 Å². The number of ether oxygens (including phenoxy) is 2. The van der Waals surface area contributed by atoms with Crippen molar-refractivity contribution in [1.82, 2.24) is 10.3 Å². The van der Waals surface area contributed by atoms with E-state index in [9.17, 15) is 9.59 Å². The smallest absolute Gasteiger partial charge is 0.408 e. The maximum absolute atomic E-state index is 11.9. The summed E-state index contributed by atoms with van der Waals surface area (Å²) in [6.45, 7) is 6.81. The van der Waals surface area contributed by atoms with Gasteiger partial charge >= 0.3 is 6.09 Å². The molecule has 4 rings (SSSR count). The van der Waals surface area contributed by atoms with Crippen LogP contribution < -0.4 is 20.7 Å². The van der Waals surface area contributed by atoms with Crippen LogP contribution in [0.5, 0.6) is 5.75 Å². The lowest BCUT2D eigenvalue weighted by Gasteiger charge is -2.23. The van der Waals surface area contributed by atoms with Gasteiger partial charge in [-0.3, -0.25) is 4.79 Å². The van der Waals surface area contributed by atoms with Gasteiger partial charge in [-0.05, 0) is 44.4 Å². The molecule has 0 aliphatic carbocycles. The van der Waals surface area contributed by atoms with Crippen molar-refractivity contribution in [2.75, 3.05) is 18.0 Å². The Hall–Kier alpha value is -3.03. The van der Waals surface area contributed by atoms with Crippen LogP contribution in [0.1, 0.15) is 31.1 Å². The average molecular weight is 370 g/mol. The van der Waals surface area contributed by atoms with Crippen LogP contribution in [0, 0.1) is 0 Å². The topological polar surface area (TPSA) is 107 Å². The summed E-state index contributed by atoms with van der Waals surface area (Å²) in [5, 5.41) is 4.55. The largest absolute Gasteiger partial charge is 0.490 e. The maximum atomic E-state index is 11.9. The Morgan fingerprint density at radius 2 is 2.26 bits per heavy atom. The zero-order valence-electron chi connectivity index (χ0n) is 15.5. The number of hydrogen-bond donors (Lipinski definition) is 2. The number of benzene rings is 1. The van der Waals surface area contributed by atoms with E-state index in [0.29, 0.717) is 24.4 Å². The molecular formula is C19H22N4O4. The second kappa shape index (κ2) is 6.00. The highest BCUT2D eigenvalue weighted by atomic mass is 16.6. The molecule has 2 atom stereocenters. The summed E-state index contributed by atoms with van der Waals surface area (Å²) in [5.74, 6) is 0.658. The number of nitrogens with one attached hydrogen (secondary N) is 1. The Bertz CT molecular complexity index is 945. The van der Waals surface area contributed by atoms with Crippen LogP contribution in [0.15, 0.2) is 24.4 Å². The summed E-state index contributed by atoms with van der Waals surface area (Å²) < 4.78 is 11.3. The number of rotatable bonds is 4. The molecule has 0 spiro atoms. The predicted molar refractivity (Wildman–Crippen MR) is 100 cm³/mol. The van der Waals surface area contributed by atoms with Crippen LogP contribution in [0.2, 0.25) is 0 Å².